The summed E-state index contributed by atoms with van der Waals surface area (Å²) in [5, 5.41) is 13.1. The van der Waals surface area contributed by atoms with E-state index >= 15 is 0 Å². The summed E-state index contributed by atoms with van der Waals surface area (Å²) >= 11 is 0. The number of hydrogen-bond donors (Lipinski definition) is 2. The lowest BCUT2D eigenvalue weighted by Gasteiger charge is -2.29. The van der Waals surface area contributed by atoms with Crippen molar-refractivity contribution in [1.82, 2.24) is 5.32 Å². The van der Waals surface area contributed by atoms with Crippen molar-refractivity contribution in [1.29, 1.82) is 0 Å². The van der Waals surface area contributed by atoms with Crippen LogP contribution in [0.1, 0.15) is 52.9 Å². The van der Waals surface area contributed by atoms with Crippen molar-refractivity contribution in [3.8, 4) is 0 Å². The molecule has 0 aromatic carbocycles. The van der Waals surface area contributed by atoms with Crippen molar-refractivity contribution in [2.24, 2.45) is 11.3 Å². The van der Waals surface area contributed by atoms with Gasteiger partial charge in [0, 0.05) is 19.7 Å². The quantitative estimate of drug-likeness (QED) is 0.744. The van der Waals surface area contributed by atoms with Crippen molar-refractivity contribution >= 4 is 0 Å². The first-order chi connectivity index (χ1) is 8.43. The molecule has 1 saturated carbocycles. The molecule has 1 rings (SSSR count). The lowest BCUT2D eigenvalue weighted by atomic mass is 9.76. The summed E-state index contributed by atoms with van der Waals surface area (Å²) in [6.07, 6.45) is 6.06. The summed E-state index contributed by atoms with van der Waals surface area (Å²) in [5.74, 6) is 0.841. The van der Waals surface area contributed by atoms with Crippen LogP contribution in [-0.4, -0.2) is 37.5 Å². The summed E-state index contributed by atoms with van der Waals surface area (Å²) in [5.41, 5.74) is 0.435. The van der Waals surface area contributed by atoms with E-state index in [9.17, 15) is 5.11 Å². The second kappa shape index (κ2) is 7.46. The molecule has 108 valence electrons. The number of aliphatic hydroxyl groups excluding tert-OH is 1. The smallest absolute Gasteiger partial charge is 0.0897 e. The summed E-state index contributed by atoms with van der Waals surface area (Å²) in [7, 11) is 1.63. The Morgan fingerprint density at radius 2 is 1.94 bits per heavy atom. The van der Waals surface area contributed by atoms with Crippen LogP contribution in [0.5, 0.6) is 0 Å². The summed E-state index contributed by atoms with van der Waals surface area (Å²) in [4.78, 5) is 0. The zero-order valence-electron chi connectivity index (χ0n) is 12.5. The molecule has 0 bridgehead atoms. The van der Waals surface area contributed by atoms with Crippen LogP contribution in [0.2, 0.25) is 0 Å². The molecule has 3 atom stereocenters. The van der Waals surface area contributed by atoms with Gasteiger partial charge in [0.25, 0.3) is 0 Å². The molecule has 1 aliphatic carbocycles. The molecule has 3 unspecified atom stereocenters. The molecule has 0 saturated heterocycles. The minimum Gasteiger partial charge on any atom is -0.389 e. The second-order valence-corrected chi connectivity index (χ2v) is 6.79. The molecule has 3 heteroatoms. The van der Waals surface area contributed by atoms with Gasteiger partial charge in [-0.2, -0.15) is 0 Å². The minimum atomic E-state index is -0.378. The van der Waals surface area contributed by atoms with Crippen molar-refractivity contribution in [2.75, 3.05) is 20.3 Å². The van der Waals surface area contributed by atoms with E-state index in [1.54, 1.807) is 7.11 Å². The largest absolute Gasteiger partial charge is 0.389 e. The van der Waals surface area contributed by atoms with Gasteiger partial charge in [-0.05, 0) is 37.0 Å². The van der Waals surface area contributed by atoms with Gasteiger partial charge < -0.3 is 15.2 Å². The standard InChI is InChI=1S/C15H31NO2/c1-15(2,3)12-6-5-7-13(9-8-12)16-10-14(17)11-18-4/h12-14,16-17H,5-11H2,1-4H3. The molecule has 0 aromatic rings. The molecule has 0 radical (unpaired) electrons. The first-order valence-corrected chi connectivity index (χ1v) is 7.34. The molecule has 1 fully saturated rings. The molecule has 0 heterocycles. The van der Waals surface area contributed by atoms with Crippen LogP contribution in [-0.2, 0) is 4.74 Å². The molecule has 2 N–H and O–H groups in total. The zero-order chi connectivity index (χ0) is 13.6. The van der Waals surface area contributed by atoms with Crippen LogP contribution in [0.3, 0.4) is 0 Å². The molecule has 3 nitrogen and oxygen atoms in total. The van der Waals surface area contributed by atoms with E-state index in [0.29, 0.717) is 24.6 Å². The fraction of sp³-hybridized carbons (Fsp3) is 1.00. The summed E-state index contributed by atoms with van der Waals surface area (Å²) < 4.78 is 4.94. The van der Waals surface area contributed by atoms with Gasteiger partial charge in [-0.25, -0.2) is 0 Å². The number of rotatable bonds is 5. The predicted octanol–water partition coefficient (Wildman–Crippen LogP) is 2.58. The third kappa shape index (κ3) is 5.68. The van der Waals surface area contributed by atoms with Crippen LogP contribution in [0, 0.1) is 11.3 Å². The molecule has 18 heavy (non-hydrogen) atoms. The van der Waals surface area contributed by atoms with Gasteiger partial charge in [0.1, 0.15) is 0 Å². The highest BCUT2D eigenvalue weighted by molar-refractivity contribution is 4.81. The number of ether oxygens (including phenoxy) is 1. The van der Waals surface area contributed by atoms with Gasteiger partial charge in [-0.3, -0.25) is 0 Å². The predicted molar refractivity (Wildman–Crippen MR) is 75.7 cm³/mol. The van der Waals surface area contributed by atoms with Gasteiger partial charge in [0.15, 0.2) is 0 Å². The topological polar surface area (TPSA) is 41.5 Å². The fourth-order valence-electron chi connectivity index (χ4n) is 2.93. The molecular formula is C15H31NO2. The van der Waals surface area contributed by atoms with E-state index in [0.717, 1.165) is 5.92 Å². The SMILES string of the molecule is COCC(O)CNC1CCCC(C(C)(C)C)CC1. The van der Waals surface area contributed by atoms with Crippen LogP contribution >= 0.6 is 0 Å². The third-order valence-corrected chi connectivity index (χ3v) is 4.19. The maximum absolute atomic E-state index is 9.64. The van der Waals surface area contributed by atoms with Crippen LogP contribution in [0.25, 0.3) is 0 Å². The third-order valence-electron chi connectivity index (χ3n) is 4.19. The maximum Gasteiger partial charge on any atom is 0.0897 e. The van der Waals surface area contributed by atoms with Gasteiger partial charge in [-0.1, -0.05) is 27.2 Å². The van der Waals surface area contributed by atoms with Gasteiger partial charge >= 0.3 is 0 Å². The van der Waals surface area contributed by atoms with Crippen molar-refractivity contribution in [3.63, 3.8) is 0 Å². The molecule has 1 aliphatic rings. The number of nitrogens with one attached hydrogen (secondary N) is 1. The Morgan fingerprint density at radius 1 is 1.22 bits per heavy atom. The van der Waals surface area contributed by atoms with Crippen LogP contribution in [0.15, 0.2) is 0 Å². The second-order valence-electron chi connectivity index (χ2n) is 6.79. The highest BCUT2D eigenvalue weighted by atomic mass is 16.5. The van der Waals surface area contributed by atoms with Crippen molar-refractivity contribution in [2.45, 2.75) is 65.0 Å². The average Bonchev–Trinajstić information content (AvgIpc) is 2.51. The van der Waals surface area contributed by atoms with Gasteiger partial charge in [0.2, 0.25) is 0 Å². The van der Waals surface area contributed by atoms with E-state index in [1.165, 1.54) is 32.1 Å². The Bertz CT molecular complexity index is 225. The molecule has 0 spiro atoms. The lowest BCUT2D eigenvalue weighted by Crippen LogP contribution is -2.37. The highest BCUT2D eigenvalue weighted by Crippen LogP contribution is 2.36. The molecule has 0 aliphatic heterocycles. The summed E-state index contributed by atoms with van der Waals surface area (Å²) in [6.45, 7) is 8.14. The molecular weight excluding hydrogens is 226 g/mol. The Morgan fingerprint density at radius 3 is 2.56 bits per heavy atom. The molecule has 0 amide bonds. The maximum atomic E-state index is 9.64. The van der Waals surface area contributed by atoms with E-state index in [-0.39, 0.29) is 6.10 Å². The van der Waals surface area contributed by atoms with E-state index in [1.807, 2.05) is 0 Å². The lowest BCUT2D eigenvalue weighted by molar-refractivity contribution is 0.0622. The minimum absolute atomic E-state index is 0.378. The zero-order valence-corrected chi connectivity index (χ0v) is 12.5. The number of methoxy groups -OCH3 is 1. The van der Waals surface area contributed by atoms with Crippen molar-refractivity contribution < 1.29 is 9.84 Å². The van der Waals surface area contributed by atoms with E-state index in [2.05, 4.69) is 26.1 Å². The fourth-order valence-corrected chi connectivity index (χ4v) is 2.93. The first kappa shape index (κ1) is 15.9. The highest BCUT2D eigenvalue weighted by Gasteiger charge is 2.27. The van der Waals surface area contributed by atoms with E-state index < -0.39 is 0 Å². The normalized spacial score (nSPS) is 27.8. The Balaban J connectivity index is 2.29. The first-order valence-electron chi connectivity index (χ1n) is 7.34. The van der Waals surface area contributed by atoms with E-state index in [4.69, 9.17) is 4.74 Å². The molecule has 0 aromatic heterocycles. The van der Waals surface area contributed by atoms with Crippen molar-refractivity contribution in [3.05, 3.63) is 0 Å². The average molecular weight is 257 g/mol. The Kier molecular flexibility index (Phi) is 6.61. The van der Waals surface area contributed by atoms with Crippen LogP contribution < -0.4 is 5.32 Å². The number of aliphatic hydroxyl groups is 1. The van der Waals surface area contributed by atoms with Gasteiger partial charge in [-0.15, -0.1) is 0 Å². The number of hydrogen-bond acceptors (Lipinski definition) is 3. The summed E-state index contributed by atoms with van der Waals surface area (Å²) in [6, 6.07) is 0.573. The Hall–Kier alpha value is -0.120. The monoisotopic (exact) mass is 257 g/mol. The Labute approximate surface area is 112 Å². The van der Waals surface area contributed by atoms with Crippen LogP contribution in [0.4, 0.5) is 0 Å². The van der Waals surface area contributed by atoms with Gasteiger partial charge in [0.05, 0.1) is 12.7 Å².